The molecule has 0 radical (unpaired) electrons. The molecule has 3 atom stereocenters. The van der Waals surface area contributed by atoms with Crippen molar-refractivity contribution >= 4 is 17.7 Å². The van der Waals surface area contributed by atoms with Crippen molar-refractivity contribution in [1.82, 2.24) is 20.1 Å². The molecule has 3 fully saturated rings. The molecule has 2 aromatic rings. The molecule has 10 heteroatoms. The van der Waals surface area contributed by atoms with E-state index in [0.717, 1.165) is 25.0 Å². The van der Waals surface area contributed by atoms with E-state index in [-0.39, 0.29) is 35.9 Å². The Balaban J connectivity index is 1.26. The minimum atomic E-state index is -0.765. The van der Waals surface area contributed by atoms with Crippen LogP contribution < -0.4 is 10.1 Å². The van der Waals surface area contributed by atoms with Crippen molar-refractivity contribution in [3.05, 3.63) is 47.7 Å². The van der Waals surface area contributed by atoms with Gasteiger partial charge in [-0.3, -0.25) is 14.4 Å². The number of aromatic nitrogens is 1. The standard InChI is InChI=1S/C33H46N4O6/c1-21(2)17-24(31(39)37-14-8-10-25(37)32(40)36-15-16-41-27(19-36)22-12-13-22)35-30(38)23-9-6-7-11-26(23)42-20-29-34-18-28(43-29)33(3,4)5/h6-7,9,11,18,21-22,24-25,27H,8,10,12-17,19-20H2,1-5H3,(H,35,38)/t24-,25-,27?/m1/s1. The van der Waals surface area contributed by atoms with Crippen LogP contribution in [-0.4, -0.2) is 76.9 Å². The maximum absolute atomic E-state index is 14.0. The van der Waals surface area contributed by atoms with Gasteiger partial charge in [0.25, 0.3) is 5.91 Å². The molecule has 1 unspecified atom stereocenters. The molecule has 5 rings (SSSR count). The number of likely N-dealkylation sites (tertiary alicyclic amines) is 1. The molecule has 1 saturated carbocycles. The summed E-state index contributed by atoms with van der Waals surface area (Å²) < 4.78 is 17.7. The van der Waals surface area contributed by atoms with Gasteiger partial charge in [0.1, 0.15) is 23.6 Å². The fourth-order valence-electron chi connectivity index (χ4n) is 5.90. The summed E-state index contributed by atoms with van der Waals surface area (Å²) in [4.78, 5) is 49.1. The number of para-hydroxylation sites is 1. The second-order valence-electron chi connectivity index (χ2n) is 13.5. The van der Waals surface area contributed by atoms with Gasteiger partial charge in [0.15, 0.2) is 6.61 Å². The zero-order chi connectivity index (χ0) is 30.7. The average molecular weight is 595 g/mol. The van der Waals surface area contributed by atoms with E-state index in [0.29, 0.717) is 62.2 Å². The molecule has 0 bridgehead atoms. The first-order valence-electron chi connectivity index (χ1n) is 15.7. The lowest BCUT2D eigenvalue weighted by atomic mass is 9.94. The molecule has 43 heavy (non-hydrogen) atoms. The molecule has 2 aliphatic heterocycles. The summed E-state index contributed by atoms with van der Waals surface area (Å²) >= 11 is 0. The number of oxazole rings is 1. The Morgan fingerprint density at radius 2 is 1.88 bits per heavy atom. The van der Waals surface area contributed by atoms with Gasteiger partial charge in [-0.15, -0.1) is 0 Å². The average Bonchev–Trinajstić information content (AvgIpc) is 3.50. The molecule has 234 valence electrons. The third-order valence-electron chi connectivity index (χ3n) is 8.46. The molecule has 3 amide bonds. The van der Waals surface area contributed by atoms with E-state index in [1.165, 1.54) is 0 Å². The highest BCUT2D eigenvalue weighted by Crippen LogP contribution is 2.36. The fraction of sp³-hybridized carbons (Fsp3) is 0.636. The monoisotopic (exact) mass is 594 g/mol. The molecule has 1 aromatic carbocycles. The summed E-state index contributed by atoms with van der Waals surface area (Å²) in [6, 6.07) is 5.67. The Morgan fingerprint density at radius 3 is 2.58 bits per heavy atom. The lowest BCUT2D eigenvalue weighted by Gasteiger charge is -2.37. The van der Waals surface area contributed by atoms with Crippen LogP contribution in [-0.2, 0) is 26.3 Å². The SMILES string of the molecule is CC(C)C[C@@H](NC(=O)c1ccccc1OCc1ncc(C(C)(C)C)o1)C(=O)N1CCC[C@@H]1C(=O)N1CCOC(C2CC2)C1. The Labute approximate surface area is 254 Å². The number of carbonyl (C=O) groups is 3. The van der Waals surface area contributed by atoms with Gasteiger partial charge < -0.3 is 29.0 Å². The minimum absolute atomic E-state index is 0.00526. The predicted octanol–water partition coefficient (Wildman–Crippen LogP) is 4.32. The Hall–Kier alpha value is -3.40. The summed E-state index contributed by atoms with van der Waals surface area (Å²) in [5.74, 6) is 1.62. The number of nitrogens with zero attached hydrogens (tertiary/aromatic N) is 3. The van der Waals surface area contributed by atoms with Crippen LogP contribution >= 0.6 is 0 Å². The van der Waals surface area contributed by atoms with Crippen molar-refractivity contribution < 1.29 is 28.3 Å². The van der Waals surface area contributed by atoms with Gasteiger partial charge in [-0.1, -0.05) is 46.8 Å². The molecular weight excluding hydrogens is 548 g/mol. The smallest absolute Gasteiger partial charge is 0.255 e. The van der Waals surface area contributed by atoms with Crippen molar-refractivity contribution in [2.45, 2.75) is 96.9 Å². The number of carbonyl (C=O) groups excluding carboxylic acids is 3. The molecule has 1 aromatic heterocycles. The molecular formula is C33H46N4O6. The van der Waals surface area contributed by atoms with Gasteiger partial charge in [0, 0.05) is 25.0 Å². The van der Waals surface area contributed by atoms with Crippen molar-refractivity contribution in [3.63, 3.8) is 0 Å². The van der Waals surface area contributed by atoms with Crippen LogP contribution in [0, 0.1) is 11.8 Å². The van der Waals surface area contributed by atoms with E-state index in [2.05, 4.69) is 10.3 Å². The van der Waals surface area contributed by atoms with Crippen LogP contribution in [0.2, 0.25) is 0 Å². The summed E-state index contributed by atoms with van der Waals surface area (Å²) in [5.41, 5.74) is 0.140. The number of nitrogens with one attached hydrogen (secondary N) is 1. The number of ether oxygens (including phenoxy) is 2. The Bertz CT molecular complexity index is 1300. The van der Waals surface area contributed by atoms with Crippen molar-refractivity contribution in [3.8, 4) is 5.75 Å². The third kappa shape index (κ3) is 7.58. The van der Waals surface area contributed by atoms with Crippen LogP contribution in [0.3, 0.4) is 0 Å². The van der Waals surface area contributed by atoms with E-state index < -0.39 is 18.0 Å². The van der Waals surface area contributed by atoms with E-state index >= 15 is 0 Å². The highest BCUT2D eigenvalue weighted by Gasteiger charge is 2.42. The van der Waals surface area contributed by atoms with Crippen molar-refractivity contribution in [2.75, 3.05) is 26.2 Å². The second-order valence-corrected chi connectivity index (χ2v) is 13.5. The maximum Gasteiger partial charge on any atom is 0.255 e. The Morgan fingerprint density at radius 1 is 1.12 bits per heavy atom. The second kappa shape index (κ2) is 13.1. The number of hydrogen-bond donors (Lipinski definition) is 1. The zero-order valence-electron chi connectivity index (χ0n) is 26.1. The number of amides is 3. The largest absolute Gasteiger partial charge is 0.483 e. The molecule has 10 nitrogen and oxygen atoms in total. The molecule has 1 N–H and O–H groups in total. The van der Waals surface area contributed by atoms with Crippen LogP contribution in [0.1, 0.15) is 88.7 Å². The normalized spacial score (nSPS) is 21.6. The summed E-state index contributed by atoms with van der Waals surface area (Å²) in [7, 11) is 0. The summed E-state index contributed by atoms with van der Waals surface area (Å²) in [5, 5.41) is 2.98. The summed E-state index contributed by atoms with van der Waals surface area (Å²) in [6.45, 7) is 12.4. The van der Waals surface area contributed by atoms with E-state index in [1.807, 2.05) is 39.5 Å². The zero-order valence-corrected chi connectivity index (χ0v) is 26.1. The number of morpholine rings is 1. The first-order valence-corrected chi connectivity index (χ1v) is 15.7. The maximum atomic E-state index is 14.0. The molecule has 2 saturated heterocycles. The van der Waals surface area contributed by atoms with Gasteiger partial charge in [0.05, 0.1) is 24.5 Å². The molecule has 3 heterocycles. The summed E-state index contributed by atoms with van der Waals surface area (Å²) in [6.07, 6.45) is 5.95. The number of benzene rings is 1. The first kappa shape index (κ1) is 31.0. The van der Waals surface area contributed by atoms with E-state index in [4.69, 9.17) is 13.9 Å². The van der Waals surface area contributed by atoms with E-state index in [9.17, 15) is 14.4 Å². The van der Waals surface area contributed by atoms with Gasteiger partial charge in [0.2, 0.25) is 17.7 Å². The van der Waals surface area contributed by atoms with Gasteiger partial charge in [-0.2, -0.15) is 0 Å². The lowest BCUT2D eigenvalue weighted by Crippen LogP contribution is -2.56. The quantitative estimate of drug-likeness (QED) is 0.436. The first-order chi connectivity index (χ1) is 20.5. The number of hydrogen-bond acceptors (Lipinski definition) is 7. The highest BCUT2D eigenvalue weighted by molar-refractivity contribution is 6.00. The molecule has 0 spiro atoms. The van der Waals surface area contributed by atoms with E-state index in [1.54, 1.807) is 35.4 Å². The van der Waals surface area contributed by atoms with Gasteiger partial charge in [-0.25, -0.2) is 4.98 Å². The van der Waals surface area contributed by atoms with Crippen LogP contribution in [0.15, 0.2) is 34.9 Å². The van der Waals surface area contributed by atoms with Crippen LogP contribution in [0.25, 0.3) is 0 Å². The topological polar surface area (TPSA) is 114 Å². The van der Waals surface area contributed by atoms with Crippen LogP contribution in [0.4, 0.5) is 0 Å². The van der Waals surface area contributed by atoms with Crippen molar-refractivity contribution in [1.29, 1.82) is 0 Å². The highest BCUT2D eigenvalue weighted by atomic mass is 16.5. The predicted molar refractivity (Wildman–Crippen MR) is 160 cm³/mol. The van der Waals surface area contributed by atoms with Crippen molar-refractivity contribution in [2.24, 2.45) is 11.8 Å². The molecule has 3 aliphatic rings. The van der Waals surface area contributed by atoms with Gasteiger partial charge >= 0.3 is 0 Å². The minimum Gasteiger partial charge on any atom is -0.483 e. The Kier molecular flexibility index (Phi) is 9.44. The third-order valence-corrected chi connectivity index (χ3v) is 8.46. The number of rotatable bonds is 10. The molecule has 1 aliphatic carbocycles. The van der Waals surface area contributed by atoms with Crippen LogP contribution in [0.5, 0.6) is 5.75 Å². The fourth-order valence-corrected chi connectivity index (χ4v) is 5.90. The van der Waals surface area contributed by atoms with Gasteiger partial charge in [-0.05, 0) is 56.1 Å². The lowest BCUT2D eigenvalue weighted by molar-refractivity contribution is -0.150.